The highest BCUT2D eigenvalue weighted by molar-refractivity contribution is 5.97. The number of esters is 1. The SMILES string of the molecule is CCN(C(=O)c1cc(F)ccc1Oc1nncnc1N1CCC2(C1)CN([C@H](CCCN(C)C(=O)OC(C)OC(=O)C(C)C)C(C)C)C2)C(C)C. The number of halogens is 1. The number of carbonyl (C=O) groups excluding carboxylic acids is 3. The van der Waals surface area contributed by atoms with Gasteiger partial charge in [-0.1, -0.05) is 27.7 Å². The molecule has 2 aliphatic rings. The second-order valence-corrected chi connectivity index (χ2v) is 14.5. The van der Waals surface area contributed by atoms with Gasteiger partial charge in [0.25, 0.3) is 11.8 Å². The van der Waals surface area contributed by atoms with Gasteiger partial charge in [-0.2, -0.15) is 0 Å². The molecule has 2 aliphatic heterocycles. The van der Waals surface area contributed by atoms with Crippen LogP contribution in [0.15, 0.2) is 24.5 Å². The Kier molecular flexibility index (Phi) is 13.0. The first kappa shape index (κ1) is 38.7. The number of amides is 2. The van der Waals surface area contributed by atoms with E-state index in [2.05, 4.69) is 38.8 Å². The van der Waals surface area contributed by atoms with Crippen molar-refractivity contribution in [3.63, 3.8) is 0 Å². The van der Waals surface area contributed by atoms with E-state index in [1.807, 2.05) is 20.8 Å². The number of benzene rings is 1. The van der Waals surface area contributed by atoms with Crippen LogP contribution >= 0.6 is 0 Å². The van der Waals surface area contributed by atoms with Gasteiger partial charge in [0.05, 0.1) is 11.5 Å². The van der Waals surface area contributed by atoms with E-state index in [1.165, 1.54) is 36.4 Å². The molecule has 2 saturated heterocycles. The Hall–Kier alpha value is -4.07. The van der Waals surface area contributed by atoms with Crippen LogP contribution in [0, 0.1) is 23.1 Å². The largest absolute Gasteiger partial charge is 0.434 e. The third-order valence-electron chi connectivity index (χ3n) is 9.55. The predicted molar refractivity (Wildman–Crippen MR) is 186 cm³/mol. The molecule has 0 radical (unpaired) electrons. The molecule has 1 aromatic carbocycles. The molecule has 1 spiro atoms. The average Bonchev–Trinajstić information content (AvgIpc) is 3.49. The first-order valence-corrected chi connectivity index (χ1v) is 17.7. The van der Waals surface area contributed by atoms with Crippen LogP contribution in [0.5, 0.6) is 11.6 Å². The summed E-state index contributed by atoms with van der Waals surface area (Å²) < 4.78 is 30.9. The summed E-state index contributed by atoms with van der Waals surface area (Å²) in [6, 6.07) is 4.19. The first-order chi connectivity index (χ1) is 23.6. The van der Waals surface area contributed by atoms with Crippen molar-refractivity contribution in [2.75, 3.05) is 51.2 Å². The van der Waals surface area contributed by atoms with Crippen molar-refractivity contribution in [2.24, 2.45) is 17.3 Å². The fourth-order valence-electron chi connectivity index (χ4n) is 6.85. The van der Waals surface area contributed by atoms with Crippen LogP contribution in [0.1, 0.15) is 85.0 Å². The lowest BCUT2D eigenvalue weighted by Gasteiger charge is -2.53. The van der Waals surface area contributed by atoms with Crippen molar-refractivity contribution in [3.05, 3.63) is 35.9 Å². The molecule has 1 aromatic heterocycles. The van der Waals surface area contributed by atoms with Gasteiger partial charge in [0.1, 0.15) is 17.9 Å². The van der Waals surface area contributed by atoms with E-state index in [-0.39, 0.29) is 40.5 Å². The zero-order valence-corrected chi connectivity index (χ0v) is 31.0. The lowest BCUT2D eigenvalue weighted by Crippen LogP contribution is -2.62. The standard InChI is InChI=1S/C36H54FN7O6/c1-10-44(25(6)7)33(45)28-18-27(37)13-14-30(28)50-32-31(38-22-39-40-32)42-17-15-36(19-42)20-43(21-36)29(23(2)3)12-11-16-41(9)35(47)49-26(8)48-34(46)24(4)5/h13-14,18,22-26,29H,10-12,15-17,19-21H2,1-9H3/t26?,29-/m1/s1. The second-order valence-electron chi connectivity index (χ2n) is 14.5. The zero-order chi connectivity index (χ0) is 36.7. The number of carbonyl (C=O) groups is 3. The van der Waals surface area contributed by atoms with Gasteiger partial charge in [0.2, 0.25) is 6.29 Å². The Morgan fingerprint density at radius 2 is 1.76 bits per heavy atom. The lowest BCUT2D eigenvalue weighted by molar-refractivity contribution is -0.169. The van der Waals surface area contributed by atoms with Gasteiger partial charge in [-0.3, -0.25) is 14.5 Å². The number of nitrogens with zero attached hydrogens (tertiary/aromatic N) is 7. The molecule has 0 saturated carbocycles. The lowest BCUT2D eigenvalue weighted by atomic mass is 9.76. The minimum Gasteiger partial charge on any atom is -0.434 e. The maximum atomic E-state index is 14.3. The zero-order valence-electron chi connectivity index (χ0n) is 31.0. The number of aromatic nitrogens is 3. The highest BCUT2D eigenvalue weighted by Crippen LogP contribution is 2.44. The number of hydrogen-bond donors (Lipinski definition) is 0. The van der Waals surface area contributed by atoms with Crippen LogP contribution in [-0.2, 0) is 14.3 Å². The molecule has 276 valence electrons. The Morgan fingerprint density at radius 3 is 2.40 bits per heavy atom. The van der Waals surface area contributed by atoms with E-state index in [9.17, 15) is 18.8 Å². The molecule has 2 fully saturated rings. The van der Waals surface area contributed by atoms with Crippen LogP contribution in [0.2, 0.25) is 0 Å². The van der Waals surface area contributed by atoms with Crippen molar-refractivity contribution in [3.8, 4) is 11.6 Å². The summed E-state index contributed by atoms with van der Waals surface area (Å²) in [5, 5.41) is 8.18. The molecule has 1 unspecified atom stereocenters. The summed E-state index contributed by atoms with van der Waals surface area (Å²) >= 11 is 0. The van der Waals surface area contributed by atoms with Gasteiger partial charge in [0, 0.05) is 70.7 Å². The summed E-state index contributed by atoms with van der Waals surface area (Å²) in [6.07, 6.45) is 2.62. The molecule has 50 heavy (non-hydrogen) atoms. The van der Waals surface area contributed by atoms with Gasteiger partial charge in [0.15, 0.2) is 5.82 Å². The quantitative estimate of drug-likeness (QED) is 0.170. The van der Waals surface area contributed by atoms with Gasteiger partial charge in [-0.05, 0) is 64.2 Å². The van der Waals surface area contributed by atoms with Crippen molar-refractivity contribution in [2.45, 2.75) is 93.0 Å². The normalized spacial score (nSPS) is 16.8. The summed E-state index contributed by atoms with van der Waals surface area (Å²) in [4.78, 5) is 50.1. The number of ether oxygens (including phenoxy) is 3. The summed E-state index contributed by atoms with van der Waals surface area (Å²) in [7, 11) is 1.69. The molecule has 0 bridgehead atoms. The highest BCUT2D eigenvalue weighted by atomic mass is 19.1. The molecule has 3 heterocycles. The van der Waals surface area contributed by atoms with E-state index in [1.54, 1.807) is 25.8 Å². The van der Waals surface area contributed by atoms with Crippen molar-refractivity contribution >= 4 is 23.8 Å². The summed E-state index contributed by atoms with van der Waals surface area (Å²) in [6.45, 7) is 19.6. The van der Waals surface area contributed by atoms with Crippen molar-refractivity contribution in [1.82, 2.24) is 29.9 Å². The second kappa shape index (κ2) is 16.8. The Balaban J connectivity index is 1.34. The fourth-order valence-corrected chi connectivity index (χ4v) is 6.85. The molecule has 13 nitrogen and oxygen atoms in total. The molecule has 4 rings (SSSR count). The molecule has 0 aliphatic carbocycles. The van der Waals surface area contributed by atoms with Gasteiger partial charge < -0.3 is 28.9 Å². The molecular formula is C36H54FN7O6. The third-order valence-corrected chi connectivity index (χ3v) is 9.55. The number of rotatable bonds is 15. The highest BCUT2D eigenvalue weighted by Gasteiger charge is 2.50. The maximum Gasteiger partial charge on any atom is 0.412 e. The fraction of sp³-hybridized carbons (Fsp3) is 0.667. The first-order valence-electron chi connectivity index (χ1n) is 17.7. The van der Waals surface area contributed by atoms with Crippen LogP contribution in [0.3, 0.4) is 0 Å². The minimum atomic E-state index is -0.946. The van der Waals surface area contributed by atoms with E-state index in [0.29, 0.717) is 30.9 Å². The maximum absolute atomic E-state index is 14.3. The van der Waals surface area contributed by atoms with Crippen molar-refractivity contribution in [1.29, 1.82) is 0 Å². The smallest absolute Gasteiger partial charge is 0.412 e. The molecule has 14 heteroatoms. The third kappa shape index (κ3) is 9.37. The summed E-state index contributed by atoms with van der Waals surface area (Å²) in [5.74, 6) is -0.227. The Labute approximate surface area is 295 Å². The topological polar surface area (TPSA) is 131 Å². The van der Waals surface area contributed by atoms with E-state index >= 15 is 0 Å². The molecule has 2 aromatic rings. The van der Waals surface area contributed by atoms with Gasteiger partial charge in [-0.25, -0.2) is 14.2 Å². The Morgan fingerprint density at radius 1 is 1.04 bits per heavy atom. The van der Waals surface area contributed by atoms with Crippen LogP contribution in [0.25, 0.3) is 0 Å². The number of likely N-dealkylation sites (tertiary alicyclic amines) is 1. The van der Waals surface area contributed by atoms with Gasteiger partial charge in [-0.15, -0.1) is 10.2 Å². The molecule has 0 N–H and O–H groups in total. The average molecular weight is 700 g/mol. The van der Waals surface area contributed by atoms with E-state index < -0.39 is 24.2 Å². The summed E-state index contributed by atoms with van der Waals surface area (Å²) in [5.41, 5.74) is 0.212. The predicted octanol–water partition coefficient (Wildman–Crippen LogP) is 5.60. The van der Waals surface area contributed by atoms with Crippen molar-refractivity contribution < 1.29 is 33.0 Å². The van der Waals surface area contributed by atoms with Crippen LogP contribution in [0.4, 0.5) is 15.0 Å². The van der Waals surface area contributed by atoms with Gasteiger partial charge >= 0.3 is 12.1 Å². The minimum absolute atomic E-state index is 0.0709. The molecular weight excluding hydrogens is 645 g/mol. The monoisotopic (exact) mass is 699 g/mol. The van der Waals surface area contributed by atoms with E-state index in [4.69, 9.17) is 14.2 Å². The van der Waals surface area contributed by atoms with E-state index in [0.717, 1.165) is 45.4 Å². The number of hydrogen-bond acceptors (Lipinski definition) is 11. The van der Waals surface area contributed by atoms with Crippen LogP contribution < -0.4 is 9.64 Å². The van der Waals surface area contributed by atoms with Crippen LogP contribution in [-0.4, -0.2) is 113 Å². The molecule has 2 atom stereocenters. The number of anilines is 1. The Bertz CT molecular complexity index is 1480. The molecule has 2 amide bonds.